The molecule has 5 amide bonds. The van der Waals surface area contributed by atoms with Gasteiger partial charge in [0.15, 0.2) is 0 Å². The van der Waals surface area contributed by atoms with Crippen molar-refractivity contribution in [3.05, 3.63) is 107 Å². The molecule has 2 saturated heterocycles. The van der Waals surface area contributed by atoms with E-state index < -0.39 is 11.8 Å². The van der Waals surface area contributed by atoms with E-state index in [0.29, 0.717) is 24.2 Å². The molecule has 4 fully saturated rings. The Bertz CT molecular complexity index is 1680. The lowest BCUT2D eigenvalue weighted by Gasteiger charge is -2.18. The highest BCUT2D eigenvalue weighted by Gasteiger charge is 2.49. The van der Waals surface area contributed by atoms with Crippen molar-refractivity contribution in [2.75, 3.05) is 33.3 Å². The summed E-state index contributed by atoms with van der Waals surface area (Å²) in [5.41, 5.74) is 3.12. The molecular weight excluding hydrogens is 634 g/mol. The highest BCUT2D eigenvalue weighted by atomic mass is 16.5. The number of nitrogens with zero attached hydrogens (tertiary/aromatic N) is 2. The van der Waals surface area contributed by atoms with Gasteiger partial charge in [0.05, 0.1) is 24.0 Å². The molecular formula is C39H43N5O6. The number of hydrogen-bond donors (Lipinski definition) is 3. The summed E-state index contributed by atoms with van der Waals surface area (Å²) in [6.07, 6.45) is 1.36. The number of benzene rings is 3. The van der Waals surface area contributed by atoms with E-state index in [4.69, 9.17) is 4.74 Å². The fourth-order valence-corrected chi connectivity index (χ4v) is 7.63. The van der Waals surface area contributed by atoms with E-state index in [1.165, 1.54) is 18.1 Å². The predicted molar refractivity (Wildman–Crippen MR) is 185 cm³/mol. The zero-order valence-electron chi connectivity index (χ0n) is 28.3. The average molecular weight is 678 g/mol. The van der Waals surface area contributed by atoms with Gasteiger partial charge in [-0.2, -0.15) is 0 Å². The number of likely N-dealkylation sites (tertiary alicyclic amines) is 2. The van der Waals surface area contributed by atoms with Crippen LogP contribution in [0.15, 0.2) is 84.9 Å². The Labute approximate surface area is 291 Å². The van der Waals surface area contributed by atoms with Crippen molar-refractivity contribution < 1.29 is 28.7 Å². The van der Waals surface area contributed by atoms with Gasteiger partial charge in [0.25, 0.3) is 11.8 Å². The van der Waals surface area contributed by atoms with Crippen LogP contribution in [0.5, 0.6) is 0 Å². The van der Waals surface area contributed by atoms with Gasteiger partial charge in [-0.15, -0.1) is 0 Å². The second-order valence-electron chi connectivity index (χ2n) is 14.0. The zero-order valence-corrected chi connectivity index (χ0v) is 28.3. The first-order chi connectivity index (χ1) is 24.2. The second kappa shape index (κ2) is 14.1. The molecule has 8 atom stereocenters. The van der Waals surface area contributed by atoms with Crippen molar-refractivity contribution in [1.82, 2.24) is 25.8 Å². The molecule has 11 nitrogen and oxygen atoms in total. The van der Waals surface area contributed by atoms with Crippen LogP contribution < -0.4 is 16.0 Å². The van der Waals surface area contributed by atoms with Crippen molar-refractivity contribution in [2.45, 2.75) is 55.8 Å². The molecule has 3 aromatic carbocycles. The quantitative estimate of drug-likeness (QED) is 0.302. The monoisotopic (exact) mass is 677 g/mol. The van der Waals surface area contributed by atoms with E-state index in [1.807, 2.05) is 36.4 Å². The average Bonchev–Trinajstić information content (AvgIpc) is 3.99. The smallest absolute Gasteiger partial charge is 0.254 e. The Kier molecular flexibility index (Phi) is 9.42. The lowest BCUT2D eigenvalue weighted by Crippen LogP contribution is -2.43. The van der Waals surface area contributed by atoms with E-state index in [9.17, 15) is 24.0 Å². The third-order valence-corrected chi connectivity index (χ3v) is 10.6. The van der Waals surface area contributed by atoms with Crippen LogP contribution in [0.3, 0.4) is 0 Å². The van der Waals surface area contributed by atoms with Gasteiger partial charge < -0.3 is 30.5 Å². The van der Waals surface area contributed by atoms with Crippen molar-refractivity contribution in [3.63, 3.8) is 0 Å². The molecule has 0 radical (unpaired) electrons. The van der Waals surface area contributed by atoms with Crippen molar-refractivity contribution in [1.29, 1.82) is 0 Å². The standard InChI is InChI=1S/C39H43N5O6/c1-23(45)40-34-21-44(22-35(34)50-2)39(49)27-15-13-26(14-16-27)38(48)43-19-30(36(46)41-32-17-28(32)24-9-5-3-6-10-24)31(20-43)37(47)42-33-18-29(33)25-11-7-4-8-12-25/h3-16,28-35H,17-22H2,1-2H3,(H,40,45)(H,41,46)(H,42,47)/t28-,29-,30-,31-,32+,33+,34+,35+/m1/s1. The molecule has 11 heteroatoms. The Balaban J connectivity index is 1.02. The minimum Gasteiger partial charge on any atom is -0.377 e. The number of hydrogen-bond acceptors (Lipinski definition) is 6. The lowest BCUT2D eigenvalue weighted by atomic mass is 9.94. The first-order valence-electron chi connectivity index (χ1n) is 17.4. The largest absolute Gasteiger partial charge is 0.377 e. The summed E-state index contributed by atoms with van der Waals surface area (Å²) in [4.78, 5) is 69.4. The maximum atomic E-state index is 13.8. The van der Waals surface area contributed by atoms with Gasteiger partial charge in [0.1, 0.15) is 0 Å². The van der Waals surface area contributed by atoms with E-state index in [0.717, 1.165) is 12.8 Å². The second-order valence-corrected chi connectivity index (χ2v) is 14.0. The Morgan fingerprint density at radius 1 is 0.580 bits per heavy atom. The Morgan fingerprint density at radius 3 is 1.44 bits per heavy atom. The van der Waals surface area contributed by atoms with E-state index >= 15 is 0 Å². The van der Waals surface area contributed by atoms with Gasteiger partial charge in [-0.3, -0.25) is 24.0 Å². The predicted octanol–water partition coefficient (Wildman–Crippen LogP) is 2.69. The molecule has 2 heterocycles. The summed E-state index contributed by atoms with van der Waals surface area (Å²) in [6.45, 7) is 2.32. The minimum atomic E-state index is -0.689. The van der Waals surface area contributed by atoms with Crippen LogP contribution in [0.2, 0.25) is 0 Å². The highest BCUT2D eigenvalue weighted by molar-refractivity contribution is 5.99. The number of amides is 5. The maximum Gasteiger partial charge on any atom is 0.254 e. The van der Waals surface area contributed by atoms with Crippen molar-refractivity contribution in [3.8, 4) is 0 Å². The molecule has 50 heavy (non-hydrogen) atoms. The molecule has 0 unspecified atom stereocenters. The third kappa shape index (κ3) is 7.14. The number of ether oxygens (including phenoxy) is 1. The summed E-state index contributed by atoms with van der Waals surface area (Å²) in [7, 11) is 1.55. The number of methoxy groups -OCH3 is 1. The summed E-state index contributed by atoms with van der Waals surface area (Å²) in [6, 6.07) is 26.3. The van der Waals surface area contributed by atoms with Gasteiger partial charge in [-0.1, -0.05) is 60.7 Å². The van der Waals surface area contributed by atoms with Crippen LogP contribution in [-0.4, -0.2) is 96.9 Å². The Morgan fingerprint density at radius 2 is 1.02 bits per heavy atom. The summed E-state index contributed by atoms with van der Waals surface area (Å²) in [5, 5.41) is 9.18. The summed E-state index contributed by atoms with van der Waals surface area (Å²) in [5.74, 6) is -2.04. The molecule has 0 spiro atoms. The maximum absolute atomic E-state index is 13.8. The molecule has 3 N–H and O–H groups in total. The number of carbonyl (C=O) groups is 5. The number of rotatable bonds is 10. The zero-order chi connectivity index (χ0) is 34.9. The summed E-state index contributed by atoms with van der Waals surface area (Å²) >= 11 is 0. The van der Waals surface area contributed by atoms with Crippen LogP contribution in [0.1, 0.15) is 63.4 Å². The molecule has 7 rings (SSSR count). The van der Waals surface area contributed by atoms with Gasteiger partial charge in [0, 0.05) is 75.3 Å². The molecule has 2 saturated carbocycles. The number of carbonyl (C=O) groups excluding carboxylic acids is 5. The molecule has 0 aromatic heterocycles. The SMILES string of the molecule is CO[C@H]1CN(C(=O)c2ccc(C(=O)N3C[C@@H](C(=O)N[C@H]4C[C@@H]4c4ccccc4)[C@H](C(=O)N[C@H]4C[C@@H]4c4ccccc4)C3)cc2)C[C@@H]1NC(C)=O. The van der Waals surface area contributed by atoms with Crippen molar-refractivity contribution >= 4 is 29.5 Å². The fourth-order valence-electron chi connectivity index (χ4n) is 7.63. The van der Waals surface area contributed by atoms with Crippen LogP contribution in [0, 0.1) is 11.8 Å². The number of nitrogens with one attached hydrogen (secondary N) is 3. The first-order valence-corrected chi connectivity index (χ1v) is 17.4. The third-order valence-electron chi connectivity index (χ3n) is 10.6. The lowest BCUT2D eigenvalue weighted by molar-refractivity contribution is -0.133. The van der Waals surface area contributed by atoms with Crippen LogP contribution in [0.4, 0.5) is 0 Å². The van der Waals surface area contributed by atoms with E-state index in [-0.39, 0.29) is 78.7 Å². The van der Waals surface area contributed by atoms with Crippen LogP contribution in [-0.2, 0) is 19.1 Å². The van der Waals surface area contributed by atoms with Gasteiger partial charge >= 0.3 is 0 Å². The van der Waals surface area contributed by atoms with Crippen LogP contribution >= 0.6 is 0 Å². The molecule has 2 aliphatic heterocycles. The van der Waals surface area contributed by atoms with Crippen molar-refractivity contribution in [2.24, 2.45) is 11.8 Å². The normalized spacial score (nSPS) is 28.1. The summed E-state index contributed by atoms with van der Waals surface area (Å²) < 4.78 is 5.48. The van der Waals surface area contributed by atoms with Gasteiger partial charge in [0.2, 0.25) is 17.7 Å². The van der Waals surface area contributed by atoms with Gasteiger partial charge in [-0.05, 0) is 48.2 Å². The molecule has 4 aliphatic rings. The topological polar surface area (TPSA) is 137 Å². The fraction of sp³-hybridized carbons (Fsp3) is 0.410. The first kappa shape index (κ1) is 33.5. The van der Waals surface area contributed by atoms with Crippen LogP contribution in [0.25, 0.3) is 0 Å². The highest BCUT2D eigenvalue weighted by Crippen LogP contribution is 2.42. The molecule has 3 aromatic rings. The molecule has 260 valence electrons. The molecule has 2 aliphatic carbocycles. The van der Waals surface area contributed by atoms with E-state index in [2.05, 4.69) is 40.2 Å². The minimum absolute atomic E-state index is 0.00219. The Hall–Kier alpha value is -5.03. The van der Waals surface area contributed by atoms with Gasteiger partial charge in [-0.25, -0.2) is 0 Å². The van der Waals surface area contributed by atoms with E-state index in [1.54, 1.807) is 41.2 Å². The molecule has 0 bridgehead atoms.